The van der Waals surface area contributed by atoms with Crippen molar-refractivity contribution in [1.82, 2.24) is 0 Å². The van der Waals surface area contributed by atoms with Crippen molar-refractivity contribution in [3.05, 3.63) is 75.7 Å². The molecule has 0 N–H and O–H groups in total. The number of esters is 1. The Kier molecular flexibility index (Phi) is 5.05. The summed E-state index contributed by atoms with van der Waals surface area (Å²) in [5, 5.41) is 1.92. The van der Waals surface area contributed by atoms with Gasteiger partial charge >= 0.3 is 5.97 Å². The lowest BCUT2D eigenvalue weighted by Gasteiger charge is -2.09. The average molecular weight is 408 g/mol. The first kappa shape index (κ1) is 18.8. The maximum atomic E-state index is 12.5. The quantitative estimate of drug-likeness (QED) is 0.349. The number of hydrogen-bond acceptors (Lipinski definition) is 7. The number of ether oxygens (including phenoxy) is 4. The van der Waals surface area contributed by atoms with Gasteiger partial charge in [0.15, 0.2) is 17.3 Å². The highest BCUT2D eigenvalue weighted by Gasteiger charge is 2.28. The molecule has 0 atom stereocenters. The number of methoxy groups -OCH3 is 2. The van der Waals surface area contributed by atoms with E-state index in [0.29, 0.717) is 28.4 Å². The number of carbonyl (C=O) groups excluding carboxylic acids is 2. The highest BCUT2D eigenvalue weighted by molar-refractivity contribution is 7.10. The molecule has 0 saturated heterocycles. The van der Waals surface area contributed by atoms with Crippen LogP contribution in [0.4, 0.5) is 0 Å². The largest absolute Gasteiger partial charge is 0.493 e. The molecule has 1 aliphatic rings. The summed E-state index contributed by atoms with van der Waals surface area (Å²) >= 11 is 1.51. The van der Waals surface area contributed by atoms with Gasteiger partial charge in [0.25, 0.3) is 0 Å². The fourth-order valence-electron chi connectivity index (χ4n) is 2.86. The van der Waals surface area contributed by atoms with Crippen molar-refractivity contribution in [3.8, 4) is 23.0 Å². The second-order valence-electron chi connectivity index (χ2n) is 6.07. The van der Waals surface area contributed by atoms with Crippen LogP contribution in [0.1, 0.15) is 25.6 Å². The molecule has 0 spiro atoms. The van der Waals surface area contributed by atoms with E-state index >= 15 is 0 Å². The fraction of sp³-hybridized carbons (Fsp3) is 0.0909. The van der Waals surface area contributed by atoms with E-state index in [1.165, 1.54) is 37.7 Å². The van der Waals surface area contributed by atoms with E-state index in [0.717, 1.165) is 4.88 Å². The van der Waals surface area contributed by atoms with Gasteiger partial charge in [-0.25, -0.2) is 4.79 Å². The first-order valence-corrected chi connectivity index (χ1v) is 9.53. The van der Waals surface area contributed by atoms with Crippen LogP contribution in [-0.4, -0.2) is 26.0 Å². The van der Waals surface area contributed by atoms with Crippen LogP contribution in [0.5, 0.6) is 23.0 Å². The zero-order valence-corrected chi connectivity index (χ0v) is 16.4. The van der Waals surface area contributed by atoms with Crippen molar-refractivity contribution in [2.45, 2.75) is 0 Å². The number of allylic oxidation sites excluding steroid dienone is 1. The second kappa shape index (κ2) is 7.81. The lowest BCUT2D eigenvalue weighted by molar-refractivity contribution is 0.0734. The van der Waals surface area contributed by atoms with Crippen molar-refractivity contribution in [3.63, 3.8) is 0 Å². The van der Waals surface area contributed by atoms with Crippen LogP contribution in [0.2, 0.25) is 0 Å². The molecular formula is C22H16O6S. The standard InChI is InChI=1S/C22H16O6S/c1-25-17-8-5-13(10-19(17)26-2)22(24)27-14-6-7-16-18(11-14)28-20(21(16)23)12-15-4-3-9-29-15/h3-12H,1-2H3/b20-12-. The van der Waals surface area contributed by atoms with Gasteiger partial charge < -0.3 is 18.9 Å². The van der Waals surface area contributed by atoms with Gasteiger partial charge in [-0.2, -0.15) is 0 Å². The highest BCUT2D eigenvalue weighted by atomic mass is 32.1. The molecule has 0 radical (unpaired) electrons. The van der Waals surface area contributed by atoms with Gasteiger partial charge in [-0.1, -0.05) is 6.07 Å². The van der Waals surface area contributed by atoms with Gasteiger partial charge in [0, 0.05) is 17.0 Å². The number of thiophene rings is 1. The predicted molar refractivity (Wildman–Crippen MR) is 108 cm³/mol. The van der Waals surface area contributed by atoms with Crippen molar-refractivity contribution < 1.29 is 28.5 Å². The Labute approximate surface area is 170 Å². The minimum atomic E-state index is -0.565. The Morgan fingerprint density at radius 2 is 1.86 bits per heavy atom. The van der Waals surface area contributed by atoms with Crippen LogP contribution in [0.25, 0.3) is 6.08 Å². The van der Waals surface area contributed by atoms with Crippen LogP contribution in [0.3, 0.4) is 0 Å². The molecule has 0 unspecified atom stereocenters. The summed E-state index contributed by atoms with van der Waals surface area (Å²) in [5.41, 5.74) is 0.733. The first-order valence-electron chi connectivity index (χ1n) is 8.65. The number of fused-ring (bicyclic) bond motifs is 1. The number of rotatable bonds is 5. The fourth-order valence-corrected chi connectivity index (χ4v) is 3.51. The molecule has 7 heteroatoms. The molecule has 2 heterocycles. The minimum absolute atomic E-state index is 0.203. The monoisotopic (exact) mass is 408 g/mol. The summed E-state index contributed by atoms with van der Waals surface area (Å²) in [5.74, 6) is 1.04. The number of hydrogen-bond donors (Lipinski definition) is 0. The Hall–Kier alpha value is -3.58. The normalized spacial score (nSPS) is 13.7. The predicted octanol–water partition coefficient (Wildman–Crippen LogP) is 4.60. The van der Waals surface area contributed by atoms with E-state index in [2.05, 4.69) is 0 Å². The SMILES string of the molecule is COc1ccc(C(=O)Oc2ccc3c(c2)O/C(=C\c2cccs2)C3=O)cc1OC. The molecule has 6 nitrogen and oxygen atoms in total. The van der Waals surface area contributed by atoms with Crippen molar-refractivity contribution in [2.75, 3.05) is 14.2 Å². The highest BCUT2D eigenvalue weighted by Crippen LogP contribution is 2.35. The summed E-state index contributed by atoms with van der Waals surface area (Å²) in [7, 11) is 3.01. The number of ketones is 1. The molecule has 146 valence electrons. The molecule has 2 aromatic carbocycles. The third kappa shape index (κ3) is 3.72. The van der Waals surface area contributed by atoms with Gasteiger partial charge in [0.05, 0.1) is 25.3 Å². The maximum absolute atomic E-state index is 12.5. The van der Waals surface area contributed by atoms with E-state index in [9.17, 15) is 9.59 Å². The first-order chi connectivity index (χ1) is 14.1. The Morgan fingerprint density at radius 3 is 2.59 bits per heavy atom. The van der Waals surface area contributed by atoms with Gasteiger partial charge in [-0.15, -0.1) is 11.3 Å². The Morgan fingerprint density at radius 1 is 1.03 bits per heavy atom. The van der Waals surface area contributed by atoms with Crippen LogP contribution < -0.4 is 18.9 Å². The van der Waals surface area contributed by atoms with E-state index in [1.54, 1.807) is 30.3 Å². The third-order valence-electron chi connectivity index (χ3n) is 4.29. The molecule has 0 bridgehead atoms. The smallest absolute Gasteiger partial charge is 0.343 e. The van der Waals surface area contributed by atoms with E-state index < -0.39 is 5.97 Å². The van der Waals surface area contributed by atoms with E-state index in [-0.39, 0.29) is 17.3 Å². The Balaban J connectivity index is 1.54. The lowest BCUT2D eigenvalue weighted by Crippen LogP contribution is -2.09. The summed E-state index contributed by atoms with van der Waals surface area (Å²) < 4.78 is 21.5. The summed E-state index contributed by atoms with van der Waals surface area (Å²) in [4.78, 5) is 25.9. The topological polar surface area (TPSA) is 71.1 Å². The zero-order valence-electron chi connectivity index (χ0n) is 15.6. The third-order valence-corrected chi connectivity index (χ3v) is 5.11. The molecular weight excluding hydrogens is 392 g/mol. The minimum Gasteiger partial charge on any atom is -0.493 e. The van der Waals surface area contributed by atoms with Crippen molar-refractivity contribution in [2.24, 2.45) is 0 Å². The van der Waals surface area contributed by atoms with Crippen LogP contribution >= 0.6 is 11.3 Å². The number of benzene rings is 2. The molecule has 0 amide bonds. The van der Waals surface area contributed by atoms with Crippen LogP contribution in [0.15, 0.2) is 59.7 Å². The number of carbonyl (C=O) groups is 2. The van der Waals surface area contributed by atoms with Crippen LogP contribution in [-0.2, 0) is 0 Å². The van der Waals surface area contributed by atoms with Gasteiger partial charge in [0.2, 0.25) is 5.78 Å². The van der Waals surface area contributed by atoms with Gasteiger partial charge in [-0.05, 0) is 41.8 Å². The second-order valence-corrected chi connectivity index (χ2v) is 7.05. The average Bonchev–Trinajstić information content (AvgIpc) is 3.35. The molecule has 3 aromatic rings. The molecule has 4 rings (SSSR count). The maximum Gasteiger partial charge on any atom is 0.343 e. The molecule has 0 saturated carbocycles. The zero-order chi connectivity index (χ0) is 20.4. The van der Waals surface area contributed by atoms with Crippen LogP contribution in [0, 0.1) is 0 Å². The molecule has 0 aliphatic carbocycles. The molecule has 0 fully saturated rings. The summed E-state index contributed by atoms with van der Waals surface area (Å²) in [6.45, 7) is 0. The lowest BCUT2D eigenvalue weighted by atomic mass is 10.1. The molecule has 1 aromatic heterocycles. The van der Waals surface area contributed by atoms with E-state index in [1.807, 2.05) is 17.5 Å². The van der Waals surface area contributed by atoms with Crippen molar-refractivity contribution >= 4 is 29.2 Å². The van der Waals surface area contributed by atoms with Crippen molar-refractivity contribution in [1.29, 1.82) is 0 Å². The van der Waals surface area contributed by atoms with Gasteiger partial charge in [0.1, 0.15) is 11.5 Å². The summed E-state index contributed by atoms with van der Waals surface area (Å²) in [6.07, 6.45) is 1.70. The van der Waals surface area contributed by atoms with E-state index in [4.69, 9.17) is 18.9 Å². The Bertz CT molecular complexity index is 1110. The van der Waals surface area contributed by atoms with Gasteiger partial charge in [-0.3, -0.25) is 4.79 Å². The number of Topliss-reactive ketones (excluding diaryl/α,β-unsaturated/α-hetero) is 1. The molecule has 29 heavy (non-hydrogen) atoms. The molecule has 1 aliphatic heterocycles. The summed E-state index contributed by atoms with van der Waals surface area (Å²) in [6, 6.07) is 13.2.